The number of amides is 6. The number of likely N-dealkylation sites (N-methyl/N-ethyl adjacent to an activating group) is 2. The standard InChI is InChI=1S/C16H19N7OS.C10H7ClN4S.C7H15N3O.C6H13N3O.C5H12N2.ClH/c1-18-16(24)23-6-4-22(5-7-23)11-12-2-3-19-14(8-12)21-15-20-10-13(9-17)25-15;11-4-7-1-2-13-9(3-7)15-10-14-6-8(5-12)16-10;1-8-7(11)10-5-3-9(2)4-6-10;1-7-6(10)9-4-2-8-3-5-9;1-7-4-2-6-3-5-7;/h2-3,8,10H,4-7,11H2,1H3,(H,18,24)(H,19,20,21);1-3,6H,4H2,(H,13,14,15);3-6H2,1-2H3,(H,8,11);8H,2-5H2,1H3,(H,7,10);6H,2-5H2,1H3;1H. The molecule has 70 heavy (non-hydrogen) atoms. The highest BCUT2D eigenvalue weighted by atomic mass is 35.5. The zero-order valence-corrected chi connectivity index (χ0v) is 43.7. The molecule has 4 saturated heterocycles. The number of anilines is 4. The van der Waals surface area contributed by atoms with E-state index < -0.39 is 0 Å². The van der Waals surface area contributed by atoms with Gasteiger partial charge in [-0.05, 0) is 49.5 Å². The molecule has 8 heterocycles. The quantitative estimate of drug-likeness (QED) is 0.131. The van der Waals surface area contributed by atoms with Crippen molar-refractivity contribution in [3.63, 3.8) is 0 Å². The Morgan fingerprint density at radius 3 is 1.41 bits per heavy atom. The monoisotopic (exact) mass is 1040 g/mol. The van der Waals surface area contributed by atoms with E-state index in [-0.39, 0.29) is 30.5 Å². The minimum absolute atomic E-state index is 0. The highest BCUT2D eigenvalue weighted by molar-refractivity contribution is 7.16. The number of nitrogens with zero attached hydrogens (tertiary/aromatic N) is 12. The first-order valence-corrected chi connectivity index (χ1v) is 24.8. The van der Waals surface area contributed by atoms with Crippen molar-refractivity contribution in [3.05, 3.63) is 69.9 Å². The number of nitriles is 2. The summed E-state index contributed by atoms with van der Waals surface area (Å²) >= 11 is 8.30. The lowest BCUT2D eigenvalue weighted by atomic mass is 10.2. The molecule has 0 spiro atoms. The Labute approximate surface area is 430 Å². The Bertz CT molecular complexity index is 2230. The van der Waals surface area contributed by atoms with E-state index in [1.54, 1.807) is 44.6 Å². The number of halogens is 2. The van der Waals surface area contributed by atoms with Gasteiger partial charge < -0.3 is 61.7 Å². The molecule has 382 valence electrons. The van der Waals surface area contributed by atoms with Crippen LogP contribution < -0.4 is 37.2 Å². The molecule has 4 aromatic rings. The van der Waals surface area contributed by atoms with Crippen molar-refractivity contribution in [1.82, 2.24) is 75.9 Å². The Morgan fingerprint density at radius 1 is 0.614 bits per heavy atom. The van der Waals surface area contributed by atoms with Gasteiger partial charge in [-0.15, -0.1) is 24.0 Å². The van der Waals surface area contributed by atoms with Gasteiger partial charge in [-0.3, -0.25) is 4.90 Å². The molecular weight excluding hydrogens is 978 g/mol. The summed E-state index contributed by atoms with van der Waals surface area (Å²) in [4.78, 5) is 63.7. The van der Waals surface area contributed by atoms with E-state index >= 15 is 0 Å². The summed E-state index contributed by atoms with van der Waals surface area (Å²) in [5.41, 5.74) is 2.12. The summed E-state index contributed by atoms with van der Waals surface area (Å²) in [5.74, 6) is 1.83. The van der Waals surface area contributed by atoms with Gasteiger partial charge in [-0.2, -0.15) is 10.5 Å². The third-order valence-corrected chi connectivity index (χ3v) is 12.7. The maximum absolute atomic E-state index is 11.6. The van der Waals surface area contributed by atoms with Crippen molar-refractivity contribution in [2.24, 2.45) is 0 Å². The van der Waals surface area contributed by atoms with Crippen molar-refractivity contribution in [2.45, 2.75) is 12.4 Å². The minimum atomic E-state index is -0.0183. The highest BCUT2D eigenvalue weighted by Gasteiger charge is 2.21. The Hall–Kier alpha value is -5.67. The molecule has 4 aromatic heterocycles. The molecule has 0 atom stereocenters. The van der Waals surface area contributed by atoms with Crippen LogP contribution in [0.2, 0.25) is 0 Å². The highest BCUT2D eigenvalue weighted by Crippen LogP contribution is 2.23. The Morgan fingerprint density at radius 2 is 1.01 bits per heavy atom. The summed E-state index contributed by atoms with van der Waals surface area (Å²) in [6.07, 6.45) is 6.51. The third-order valence-electron chi connectivity index (χ3n) is 10.7. The van der Waals surface area contributed by atoms with Gasteiger partial charge in [0.05, 0.1) is 12.4 Å². The third kappa shape index (κ3) is 21.5. The fourth-order valence-corrected chi connectivity index (χ4v) is 8.16. The summed E-state index contributed by atoms with van der Waals surface area (Å²) in [7, 11) is 9.20. The van der Waals surface area contributed by atoms with E-state index in [2.05, 4.69) is 92.0 Å². The van der Waals surface area contributed by atoms with E-state index in [0.29, 0.717) is 37.5 Å². The molecule has 4 aliphatic rings. The number of hydrogen-bond acceptors (Lipinski definition) is 18. The van der Waals surface area contributed by atoms with E-state index in [1.807, 2.05) is 40.1 Å². The van der Waals surface area contributed by atoms with Crippen LogP contribution in [0.25, 0.3) is 0 Å². The molecule has 0 unspecified atom stereocenters. The lowest BCUT2D eigenvalue weighted by Gasteiger charge is -2.34. The van der Waals surface area contributed by atoms with Crippen LogP contribution in [-0.4, -0.2) is 207 Å². The summed E-state index contributed by atoms with van der Waals surface area (Å²) in [5, 5.41) is 39.3. The predicted octanol–water partition coefficient (Wildman–Crippen LogP) is 3.25. The molecule has 0 saturated carbocycles. The lowest BCUT2D eigenvalue weighted by Crippen LogP contribution is -2.50. The Balaban J connectivity index is 0.000000248. The van der Waals surface area contributed by atoms with Crippen LogP contribution in [0.4, 0.5) is 36.3 Å². The molecular formula is C44H67Cl2N19O3S2. The molecule has 0 bridgehead atoms. The number of piperazine rings is 4. The van der Waals surface area contributed by atoms with Crippen LogP contribution in [0.15, 0.2) is 49.1 Å². The van der Waals surface area contributed by atoms with Gasteiger partial charge in [0.25, 0.3) is 0 Å². The zero-order valence-electron chi connectivity index (χ0n) is 40.5. The first kappa shape index (κ1) is 58.6. The molecule has 0 aromatic carbocycles. The van der Waals surface area contributed by atoms with Crippen molar-refractivity contribution in [2.75, 3.05) is 151 Å². The topological polar surface area (TPSA) is 254 Å². The molecule has 7 N–H and O–H groups in total. The normalized spacial score (nSPS) is 15.9. The molecule has 6 amide bonds. The summed E-state index contributed by atoms with van der Waals surface area (Å²) < 4.78 is 0. The molecule has 0 aliphatic carbocycles. The van der Waals surface area contributed by atoms with Gasteiger partial charge in [0, 0.05) is 151 Å². The van der Waals surface area contributed by atoms with E-state index in [9.17, 15) is 14.4 Å². The van der Waals surface area contributed by atoms with Gasteiger partial charge in [0.1, 0.15) is 33.5 Å². The average molecular weight is 1050 g/mol. The number of nitrogens with one attached hydrogen (secondary N) is 7. The number of pyridine rings is 2. The molecule has 22 nitrogen and oxygen atoms in total. The van der Waals surface area contributed by atoms with Gasteiger partial charge in [-0.1, -0.05) is 22.7 Å². The second-order valence-corrected chi connectivity index (χ2v) is 18.1. The van der Waals surface area contributed by atoms with Crippen molar-refractivity contribution in [1.29, 1.82) is 10.5 Å². The van der Waals surface area contributed by atoms with E-state index in [4.69, 9.17) is 22.1 Å². The number of rotatable bonds is 7. The number of hydrogen-bond donors (Lipinski definition) is 7. The van der Waals surface area contributed by atoms with Crippen molar-refractivity contribution < 1.29 is 14.4 Å². The first-order chi connectivity index (χ1) is 33.5. The second kappa shape index (κ2) is 33.0. The molecule has 8 rings (SSSR count). The predicted molar refractivity (Wildman–Crippen MR) is 280 cm³/mol. The van der Waals surface area contributed by atoms with Gasteiger partial charge in [0.2, 0.25) is 0 Å². The number of urea groups is 3. The van der Waals surface area contributed by atoms with Crippen LogP contribution >= 0.6 is 46.7 Å². The van der Waals surface area contributed by atoms with Crippen molar-refractivity contribution in [3.8, 4) is 12.1 Å². The number of carbonyl (C=O) groups is 3. The smallest absolute Gasteiger partial charge is 0.317 e. The summed E-state index contributed by atoms with van der Waals surface area (Å²) in [6, 6.07) is 11.8. The molecule has 26 heteroatoms. The minimum Gasteiger partial charge on any atom is -0.341 e. The van der Waals surface area contributed by atoms with Crippen LogP contribution in [-0.2, 0) is 12.4 Å². The number of thiazole rings is 2. The van der Waals surface area contributed by atoms with E-state index in [1.165, 1.54) is 42.0 Å². The maximum Gasteiger partial charge on any atom is 0.317 e. The number of aromatic nitrogens is 4. The molecule has 0 radical (unpaired) electrons. The van der Waals surface area contributed by atoms with Gasteiger partial charge >= 0.3 is 18.1 Å². The number of alkyl halides is 1. The number of carbonyl (C=O) groups excluding carboxylic acids is 3. The van der Waals surface area contributed by atoms with Crippen LogP contribution in [0, 0.1) is 22.7 Å². The fraction of sp³-hybridized carbons (Fsp3) is 0.523. The Kier molecular flexibility index (Phi) is 27.7. The molecule has 4 aliphatic heterocycles. The zero-order chi connectivity index (χ0) is 49.8. The largest absolute Gasteiger partial charge is 0.341 e. The molecule has 4 fully saturated rings. The van der Waals surface area contributed by atoms with Gasteiger partial charge in [0.15, 0.2) is 10.3 Å². The average Bonchev–Trinajstić information content (AvgIpc) is 4.06. The second-order valence-electron chi connectivity index (χ2n) is 15.8. The van der Waals surface area contributed by atoms with Crippen LogP contribution in [0.5, 0.6) is 0 Å². The van der Waals surface area contributed by atoms with Crippen molar-refractivity contribution >= 4 is 86.7 Å². The maximum atomic E-state index is 11.6. The SMILES string of the molecule is CN1CCNCC1.CNC(=O)N1CCN(C)CC1.CNC(=O)N1CCN(Cc2ccnc(Nc3ncc(C#N)s3)c2)CC1.CNC(=O)N1CCNCC1.Cl.N#Cc1cnc(Nc2cc(CCl)ccn2)s1. The first-order valence-electron chi connectivity index (χ1n) is 22.6. The van der Waals surface area contributed by atoms with Crippen LogP contribution in [0.3, 0.4) is 0 Å². The van der Waals surface area contributed by atoms with Crippen LogP contribution in [0.1, 0.15) is 20.9 Å². The van der Waals surface area contributed by atoms with Gasteiger partial charge in [-0.25, -0.2) is 34.3 Å². The summed E-state index contributed by atoms with van der Waals surface area (Å²) in [6.45, 7) is 15.8. The fourth-order valence-electron chi connectivity index (χ4n) is 6.75. The van der Waals surface area contributed by atoms with E-state index in [0.717, 1.165) is 109 Å². The lowest BCUT2D eigenvalue weighted by molar-refractivity contribution is 0.136.